The van der Waals surface area contributed by atoms with Crippen LogP contribution in [0.3, 0.4) is 0 Å². The Morgan fingerprint density at radius 2 is 1.80 bits per heavy atom. The van der Waals surface area contributed by atoms with Gasteiger partial charge in [-0.3, -0.25) is 9.59 Å². The van der Waals surface area contributed by atoms with Gasteiger partial charge in [-0.15, -0.1) is 13.2 Å². The Morgan fingerprint density at radius 3 is 2.40 bits per heavy atom. The number of hydrogen-bond acceptors (Lipinski definition) is 8. The molecule has 208 valence electrons. The standard InChI is InChI=1S/C28H24F3N3O6/c1-13-23(36)21(18(35)10-11-33(4)5)25-22(24(13)37)27(3)19(39-25)12-17-20(26(27)38)14(2)32-34(17)15-6-8-16(9-7-15)40-28(29,30)31/h6-12,36-37H,1-5H3/b11-10+/t27-/m0/s1. The van der Waals surface area contributed by atoms with E-state index in [1.54, 1.807) is 32.8 Å². The fourth-order valence-electron chi connectivity index (χ4n) is 4.98. The predicted molar refractivity (Wildman–Crippen MR) is 137 cm³/mol. The van der Waals surface area contributed by atoms with Crippen LogP contribution in [0.2, 0.25) is 0 Å². The van der Waals surface area contributed by atoms with Crippen LogP contribution in [-0.4, -0.2) is 56.9 Å². The Bertz CT molecular complexity index is 1650. The molecule has 9 nitrogen and oxygen atoms in total. The molecule has 0 bridgehead atoms. The SMILES string of the molecule is Cc1nn(-c2ccc(OC(F)(F)F)cc2)c2c1C(=O)[C@@]1(C)C(=C2)Oc2c(C(=O)/C=C/N(C)C)c(O)c(C)c(O)c21. The van der Waals surface area contributed by atoms with E-state index >= 15 is 0 Å². The Labute approximate surface area is 226 Å². The highest BCUT2D eigenvalue weighted by molar-refractivity contribution is 6.16. The smallest absolute Gasteiger partial charge is 0.507 e. The molecule has 12 heteroatoms. The average molecular weight is 556 g/mol. The van der Waals surface area contributed by atoms with Crippen LogP contribution in [0, 0.1) is 13.8 Å². The Morgan fingerprint density at radius 1 is 1.15 bits per heavy atom. The van der Waals surface area contributed by atoms with E-state index in [-0.39, 0.29) is 39.5 Å². The molecule has 1 aliphatic carbocycles. The van der Waals surface area contributed by atoms with Gasteiger partial charge in [0.05, 0.1) is 28.2 Å². The minimum atomic E-state index is -4.85. The second-order valence-electron chi connectivity index (χ2n) is 9.91. The zero-order valence-electron chi connectivity index (χ0n) is 22.0. The minimum Gasteiger partial charge on any atom is -0.507 e. The van der Waals surface area contributed by atoms with E-state index in [9.17, 15) is 33.0 Å². The lowest BCUT2D eigenvalue weighted by atomic mass is 9.71. The van der Waals surface area contributed by atoms with Crippen LogP contribution in [0.15, 0.2) is 42.3 Å². The van der Waals surface area contributed by atoms with Gasteiger partial charge in [0, 0.05) is 38.0 Å². The molecule has 2 N–H and O–H groups in total. The van der Waals surface area contributed by atoms with E-state index in [0.29, 0.717) is 17.1 Å². The first-order chi connectivity index (χ1) is 18.6. The van der Waals surface area contributed by atoms with Crippen molar-refractivity contribution < 1.29 is 42.4 Å². The fraction of sp³-hybridized carbons (Fsp3) is 0.250. The summed E-state index contributed by atoms with van der Waals surface area (Å²) in [5, 5.41) is 26.3. The van der Waals surface area contributed by atoms with Crippen LogP contribution in [0.5, 0.6) is 23.0 Å². The number of phenolic OH excluding ortho intramolecular Hbond substituents is 2. The van der Waals surface area contributed by atoms with Gasteiger partial charge >= 0.3 is 6.36 Å². The number of ketones is 2. The lowest BCUT2D eigenvalue weighted by Crippen LogP contribution is -2.36. The van der Waals surface area contributed by atoms with Crippen LogP contribution in [0.1, 0.15) is 50.2 Å². The molecular formula is C28H24F3N3O6. The second-order valence-corrected chi connectivity index (χ2v) is 9.91. The van der Waals surface area contributed by atoms with E-state index in [1.165, 1.54) is 42.1 Å². The number of aromatic hydroxyl groups is 2. The molecule has 5 rings (SSSR count). The highest BCUT2D eigenvalue weighted by Gasteiger charge is 2.55. The van der Waals surface area contributed by atoms with Crippen LogP contribution in [0.25, 0.3) is 11.8 Å². The number of carbonyl (C=O) groups is 2. The summed E-state index contributed by atoms with van der Waals surface area (Å²) in [6.07, 6.45) is -0.589. The molecule has 0 saturated heterocycles. The first-order valence-corrected chi connectivity index (χ1v) is 12.0. The average Bonchev–Trinajstić information content (AvgIpc) is 3.35. The molecule has 3 aromatic rings. The number of halogens is 3. The van der Waals surface area contributed by atoms with Crippen molar-refractivity contribution in [2.24, 2.45) is 0 Å². The molecule has 0 amide bonds. The summed E-state index contributed by atoms with van der Waals surface area (Å²) in [4.78, 5) is 28.9. The maximum absolute atomic E-state index is 14.1. The summed E-state index contributed by atoms with van der Waals surface area (Å²) < 4.78 is 49.1. The highest BCUT2D eigenvalue weighted by atomic mass is 19.4. The van der Waals surface area contributed by atoms with E-state index in [0.717, 1.165) is 12.1 Å². The number of allylic oxidation sites excluding steroid dienone is 2. The van der Waals surface area contributed by atoms with Crippen molar-refractivity contribution in [3.63, 3.8) is 0 Å². The number of ether oxygens (including phenoxy) is 2. The van der Waals surface area contributed by atoms with Crippen molar-refractivity contribution in [1.29, 1.82) is 0 Å². The number of phenols is 2. The van der Waals surface area contributed by atoms with E-state index < -0.39 is 34.8 Å². The topological polar surface area (TPSA) is 114 Å². The van der Waals surface area contributed by atoms with Crippen molar-refractivity contribution in [2.45, 2.75) is 32.5 Å². The number of Topliss-reactive ketones (excluding diaryl/α,β-unsaturated/α-hetero) is 1. The second kappa shape index (κ2) is 8.90. The molecule has 0 spiro atoms. The molecule has 2 heterocycles. The molecule has 1 aliphatic heterocycles. The Kier molecular flexibility index (Phi) is 5.97. The third-order valence-electron chi connectivity index (χ3n) is 6.97. The lowest BCUT2D eigenvalue weighted by molar-refractivity contribution is -0.274. The summed E-state index contributed by atoms with van der Waals surface area (Å²) in [5.41, 5.74) is -0.490. The molecule has 2 aromatic carbocycles. The monoisotopic (exact) mass is 555 g/mol. The van der Waals surface area contributed by atoms with Crippen LogP contribution in [0.4, 0.5) is 13.2 Å². The third-order valence-corrected chi connectivity index (χ3v) is 6.97. The predicted octanol–water partition coefficient (Wildman–Crippen LogP) is 4.94. The van der Waals surface area contributed by atoms with Crippen molar-refractivity contribution in [3.05, 3.63) is 75.9 Å². The summed E-state index contributed by atoms with van der Waals surface area (Å²) in [6.45, 7) is 4.59. The molecule has 40 heavy (non-hydrogen) atoms. The number of aromatic nitrogens is 2. The quantitative estimate of drug-likeness (QED) is 0.336. The van der Waals surface area contributed by atoms with E-state index in [2.05, 4.69) is 9.84 Å². The number of benzene rings is 2. The van der Waals surface area contributed by atoms with Gasteiger partial charge in [-0.1, -0.05) is 0 Å². The number of fused-ring (bicyclic) bond motifs is 4. The fourth-order valence-corrected chi connectivity index (χ4v) is 4.98. The number of rotatable bonds is 5. The first kappa shape index (κ1) is 26.9. The van der Waals surface area contributed by atoms with Crippen molar-refractivity contribution >= 4 is 17.6 Å². The molecule has 1 aromatic heterocycles. The van der Waals surface area contributed by atoms with Gasteiger partial charge in [-0.05, 0) is 45.0 Å². The van der Waals surface area contributed by atoms with Gasteiger partial charge < -0.3 is 24.6 Å². The molecule has 1 atom stereocenters. The van der Waals surface area contributed by atoms with Gasteiger partial charge in [0.15, 0.2) is 11.6 Å². The summed E-state index contributed by atoms with van der Waals surface area (Å²) in [6, 6.07) is 4.96. The zero-order valence-corrected chi connectivity index (χ0v) is 22.0. The number of nitrogens with zero attached hydrogens (tertiary/aromatic N) is 3. The molecule has 0 radical (unpaired) electrons. The van der Waals surface area contributed by atoms with Crippen LogP contribution in [-0.2, 0) is 5.41 Å². The van der Waals surface area contributed by atoms with Gasteiger partial charge in [0.25, 0.3) is 0 Å². The van der Waals surface area contributed by atoms with Crippen molar-refractivity contribution in [1.82, 2.24) is 14.7 Å². The summed E-state index contributed by atoms with van der Waals surface area (Å²) >= 11 is 0. The van der Waals surface area contributed by atoms with Gasteiger partial charge in [0.2, 0.25) is 0 Å². The maximum atomic E-state index is 14.1. The molecule has 0 saturated carbocycles. The van der Waals surface area contributed by atoms with Gasteiger partial charge in [0.1, 0.15) is 39.7 Å². The number of carbonyl (C=O) groups excluding carboxylic acids is 2. The first-order valence-electron chi connectivity index (χ1n) is 12.0. The molecule has 0 unspecified atom stereocenters. The van der Waals surface area contributed by atoms with Gasteiger partial charge in [-0.25, -0.2) is 4.68 Å². The van der Waals surface area contributed by atoms with E-state index in [1.807, 2.05) is 0 Å². The van der Waals surface area contributed by atoms with E-state index in [4.69, 9.17) is 4.74 Å². The van der Waals surface area contributed by atoms with Crippen LogP contribution < -0.4 is 9.47 Å². The molecule has 2 aliphatic rings. The summed E-state index contributed by atoms with van der Waals surface area (Å²) in [7, 11) is 3.43. The van der Waals surface area contributed by atoms with Crippen LogP contribution >= 0.6 is 0 Å². The molecule has 0 fully saturated rings. The lowest BCUT2D eigenvalue weighted by Gasteiger charge is -2.27. The highest BCUT2D eigenvalue weighted by Crippen LogP contribution is 2.58. The normalized spacial score (nSPS) is 17.7. The Hall–Kier alpha value is -4.74. The van der Waals surface area contributed by atoms with Crippen molar-refractivity contribution in [2.75, 3.05) is 14.1 Å². The minimum absolute atomic E-state index is 0.0126. The third kappa shape index (κ3) is 3.98. The summed E-state index contributed by atoms with van der Waals surface area (Å²) in [5.74, 6) is -2.38. The number of hydrogen-bond donors (Lipinski definition) is 2. The number of alkyl halides is 3. The van der Waals surface area contributed by atoms with Crippen molar-refractivity contribution in [3.8, 4) is 28.7 Å². The van der Waals surface area contributed by atoms with Gasteiger partial charge in [-0.2, -0.15) is 5.10 Å². The maximum Gasteiger partial charge on any atom is 0.573 e. The zero-order chi connectivity index (χ0) is 29.3. The molecular weight excluding hydrogens is 531 g/mol. The number of aryl methyl sites for hydroxylation is 1. The largest absolute Gasteiger partial charge is 0.573 e. The Balaban J connectivity index is 1.66.